The number of amides is 1. The number of aryl methyl sites for hydroxylation is 2. The number of carbonyl (C=O) groups is 1. The van der Waals surface area contributed by atoms with Crippen molar-refractivity contribution in [2.75, 3.05) is 12.4 Å². The fraction of sp³-hybridized carbons (Fsp3) is 0.188. The molecular formula is C16H16BrNO2. The van der Waals surface area contributed by atoms with Crippen molar-refractivity contribution < 1.29 is 9.53 Å². The van der Waals surface area contributed by atoms with Crippen molar-refractivity contribution in [3.8, 4) is 5.75 Å². The van der Waals surface area contributed by atoms with E-state index in [0.717, 1.165) is 21.3 Å². The highest BCUT2D eigenvalue weighted by atomic mass is 79.9. The van der Waals surface area contributed by atoms with E-state index in [4.69, 9.17) is 4.74 Å². The molecule has 0 fully saturated rings. The second kappa shape index (κ2) is 6.09. The molecule has 1 amide bonds. The number of ether oxygens (including phenoxy) is 1. The summed E-state index contributed by atoms with van der Waals surface area (Å²) in [5.74, 6) is 0.508. The molecule has 0 radical (unpaired) electrons. The van der Waals surface area contributed by atoms with Crippen LogP contribution in [0, 0.1) is 13.8 Å². The molecular weight excluding hydrogens is 318 g/mol. The van der Waals surface area contributed by atoms with Crippen LogP contribution in [0.5, 0.6) is 5.75 Å². The maximum absolute atomic E-state index is 12.3. The lowest BCUT2D eigenvalue weighted by Gasteiger charge is -2.12. The maximum Gasteiger partial charge on any atom is 0.255 e. The van der Waals surface area contributed by atoms with Crippen molar-refractivity contribution in [3.63, 3.8) is 0 Å². The number of carbonyl (C=O) groups excluding carboxylic acids is 1. The van der Waals surface area contributed by atoms with Gasteiger partial charge in [-0.1, -0.05) is 12.1 Å². The van der Waals surface area contributed by atoms with Crippen LogP contribution in [0.25, 0.3) is 0 Å². The first-order chi connectivity index (χ1) is 9.51. The Balaban J connectivity index is 2.28. The van der Waals surface area contributed by atoms with Crippen molar-refractivity contribution >= 4 is 27.5 Å². The molecule has 104 valence electrons. The Kier molecular flexibility index (Phi) is 4.45. The molecule has 4 heteroatoms. The van der Waals surface area contributed by atoms with Crippen LogP contribution >= 0.6 is 15.9 Å². The molecule has 2 aromatic carbocycles. The largest absolute Gasteiger partial charge is 0.497 e. The zero-order valence-electron chi connectivity index (χ0n) is 11.7. The van der Waals surface area contributed by atoms with E-state index < -0.39 is 0 Å². The van der Waals surface area contributed by atoms with E-state index in [9.17, 15) is 4.79 Å². The molecule has 0 saturated heterocycles. The SMILES string of the molecule is COc1cccc(C(=O)Nc2c(C)cc(C)cc2Br)c1. The van der Waals surface area contributed by atoms with Gasteiger partial charge in [0.15, 0.2) is 0 Å². The van der Waals surface area contributed by atoms with Gasteiger partial charge in [-0.3, -0.25) is 4.79 Å². The van der Waals surface area contributed by atoms with Gasteiger partial charge in [0, 0.05) is 10.0 Å². The lowest BCUT2D eigenvalue weighted by Crippen LogP contribution is -2.13. The topological polar surface area (TPSA) is 38.3 Å². The monoisotopic (exact) mass is 333 g/mol. The van der Waals surface area contributed by atoms with Gasteiger partial charge in [0.25, 0.3) is 5.91 Å². The Morgan fingerprint density at radius 3 is 2.60 bits per heavy atom. The van der Waals surface area contributed by atoms with Gasteiger partial charge in [-0.05, 0) is 65.2 Å². The third-order valence-corrected chi connectivity index (χ3v) is 3.63. The first kappa shape index (κ1) is 14.6. The fourth-order valence-corrected chi connectivity index (χ4v) is 2.80. The number of nitrogens with one attached hydrogen (secondary N) is 1. The number of rotatable bonds is 3. The molecule has 0 heterocycles. The molecule has 0 aliphatic heterocycles. The van der Waals surface area contributed by atoms with Crippen LogP contribution in [0.3, 0.4) is 0 Å². The summed E-state index contributed by atoms with van der Waals surface area (Å²) in [7, 11) is 1.58. The van der Waals surface area contributed by atoms with Gasteiger partial charge in [0.2, 0.25) is 0 Å². The molecule has 0 unspecified atom stereocenters. The average molecular weight is 334 g/mol. The van der Waals surface area contributed by atoms with Crippen molar-refractivity contribution in [3.05, 3.63) is 57.6 Å². The normalized spacial score (nSPS) is 10.2. The molecule has 0 bridgehead atoms. The molecule has 3 nitrogen and oxygen atoms in total. The fourth-order valence-electron chi connectivity index (χ4n) is 2.02. The summed E-state index contributed by atoms with van der Waals surface area (Å²) in [6, 6.07) is 11.1. The van der Waals surface area contributed by atoms with Crippen LogP contribution in [-0.4, -0.2) is 13.0 Å². The predicted molar refractivity (Wildman–Crippen MR) is 84.6 cm³/mol. The number of hydrogen-bond donors (Lipinski definition) is 1. The second-order valence-electron chi connectivity index (χ2n) is 4.62. The third-order valence-electron chi connectivity index (χ3n) is 3.00. The summed E-state index contributed by atoms with van der Waals surface area (Å²) < 4.78 is 6.01. The van der Waals surface area contributed by atoms with Crippen LogP contribution in [0.15, 0.2) is 40.9 Å². The van der Waals surface area contributed by atoms with Crippen LogP contribution in [0.2, 0.25) is 0 Å². The van der Waals surface area contributed by atoms with E-state index in [2.05, 4.69) is 21.2 Å². The van der Waals surface area contributed by atoms with Gasteiger partial charge in [0.1, 0.15) is 5.75 Å². The average Bonchev–Trinajstić information content (AvgIpc) is 2.42. The number of benzene rings is 2. The van der Waals surface area contributed by atoms with E-state index >= 15 is 0 Å². The quantitative estimate of drug-likeness (QED) is 0.907. The molecule has 20 heavy (non-hydrogen) atoms. The molecule has 0 aliphatic carbocycles. The Hall–Kier alpha value is -1.81. The van der Waals surface area contributed by atoms with E-state index in [1.54, 1.807) is 25.3 Å². The lowest BCUT2D eigenvalue weighted by molar-refractivity contribution is 0.102. The molecule has 0 spiro atoms. The minimum Gasteiger partial charge on any atom is -0.497 e. The molecule has 2 rings (SSSR count). The maximum atomic E-state index is 12.3. The predicted octanol–water partition coefficient (Wildman–Crippen LogP) is 4.33. The first-order valence-corrected chi connectivity index (χ1v) is 7.02. The van der Waals surface area contributed by atoms with Crippen molar-refractivity contribution in [1.82, 2.24) is 0 Å². The lowest BCUT2D eigenvalue weighted by atomic mass is 10.1. The van der Waals surface area contributed by atoms with Gasteiger partial charge in [-0.25, -0.2) is 0 Å². The highest BCUT2D eigenvalue weighted by molar-refractivity contribution is 9.10. The van der Waals surface area contributed by atoms with Gasteiger partial charge < -0.3 is 10.1 Å². The van der Waals surface area contributed by atoms with Gasteiger partial charge >= 0.3 is 0 Å². The van der Waals surface area contributed by atoms with Gasteiger partial charge in [-0.15, -0.1) is 0 Å². The summed E-state index contributed by atoms with van der Waals surface area (Å²) in [4.78, 5) is 12.3. The summed E-state index contributed by atoms with van der Waals surface area (Å²) in [6.45, 7) is 3.99. The van der Waals surface area contributed by atoms with E-state index in [0.29, 0.717) is 11.3 Å². The zero-order chi connectivity index (χ0) is 14.7. The van der Waals surface area contributed by atoms with Crippen LogP contribution in [0.1, 0.15) is 21.5 Å². The van der Waals surface area contributed by atoms with Crippen molar-refractivity contribution in [2.45, 2.75) is 13.8 Å². The smallest absolute Gasteiger partial charge is 0.255 e. The van der Waals surface area contributed by atoms with E-state index in [1.807, 2.05) is 32.0 Å². The van der Waals surface area contributed by atoms with Crippen LogP contribution in [0.4, 0.5) is 5.69 Å². The molecule has 0 aromatic heterocycles. The van der Waals surface area contributed by atoms with Crippen molar-refractivity contribution in [2.24, 2.45) is 0 Å². The van der Waals surface area contributed by atoms with Crippen LogP contribution < -0.4 is 10.1 Å². The number of hydrogen-bond acceptors (Lipinski definition) is 2. The molecule has 2 aromatic rings. The zero-order valence-corrected chi connectivity index (χ0v) is 13.2. The Morgan fingerprint density at radius 2 is 1.95 bits per heavy atom. The molecule has 1 N–H and O–H groups in total. The Labute approximate surface area is 127 Å². The second-order valence-corrected chi connectivity index (χ2v) is 5.48. The first-order valence-electron chi connectivity index (χ1n) is 6.23. The third kappa shape index (κ3) is 3.20. The standard InChI is InChI=1S/C16H16BrNO2/c1-10-7-11(2)15(14(17)8-10)18-16(19)12-5-4-6-13(9-12)20-3/h4-9H,1-3H3,(H,18,19). The Bertz CT molecular complexity index is 630. The van der Waals surface area contributed by atoms with Gasteiger partial charge in [0.05, 0.1) is 12.8 Å². The number of anilines is 1. The van der Waals surface area contributed by atoms with Crippen molar-refractivity contribution in [1.29, 1.82) is 0 Å². The Morgan fingerprint density at radius 1 is 1.20 bits per heavy atom. The molecule has 0 atom stereocenters. The highest BCUT2D eigenvalue weighted by Gasteiger charge is 2.11. The number of methoxy groups -OCH3 is 1. The minimum atomic E-state index is -0.156. The summed E-state index contributed by atoms with van der Waals surface area (Å²) in [5, 5.41) is 2.93. The van der Waals surface area contributed by atoms with Gasteiger partial charge in [-0.2, -0.15) is 0 Å². The number of halogens is 1. The highest BCUT2D eigenvalue weighted by Crippen LogP contribution is 2.28. The summed E-state index contributed by atoms with van der Waals surface area (Å²) >= 11 is 3.49. The van der Waals surface area contributed by atoms with E-state index in [-0.39, 0.29) is 5.91 Å². The molecule has 0 aliphatic rings. The van der Waals surface area contributed by atoms with Crippen LogP contribution in [-0.2, 0) is 0 Å². The molecule has 0 saturated carbocycles. The van der Waals surface area contributed by atoms with E-state index in [1.165, 1.54) is 0 Å². The summed E-state index contributed by atoms with van der Waals surface area (Å²) in [5.41, 5.74) is 3.53. The minimum absolute atomic E-state index is 0.156. The summed E-state index contributed by atoms with van der Waals surface area (Å²) in [6.07, 6.45) is 0.